The number of nitrogens with one attached hydrogen (secondary N) is 2. The Bertz CT molecular complexity index is 500. The summed E-state index contributed by atoms with van der Waals surface area (Å²) in [6.45, 7) is 2.38. The molecule has 8 nitrogen and oxygen atoms in total. The number of aromatic amines is 1. The lowest BCUT2D eigenvalue weighted by Crippen LogP contribution is -2.45. The van der Waals surface area contributed by atoms with E-state index in [1.807, 2.05) is 7.05 Å². The number of ether oxygens (including phenoxy) is 1. The zero-order valence-corrected chi connectivity index (χ0v) is 10.9. The van der Waals surface area contributed by atoms with Gasteiger partial charge in [0.15, 0.2) is 0 Å². The standard InChI is InChI=1S/C9H17N5O3S/c1-14-2-3-17-7(6-14)4-12-18(15,16)8-5-11-13-9(8)10/h5,7,12H,2-4,6H2,1H3,(H3,10,11,13). The molecule has 102 valence electrons. The minimum Gasteiger partial charge on any atom is -0.383 e. The summed E-state index contributed by atoms with van der Waals surface area (Å²) in [5.41, 5.74) is 5.48. The molecule has 0 aromatic carbocycles. The Kier molecular flexibility index (Phi) is 3.85. The number of aromatic nitrogens is 2. The first kappa shape index (κ1) is 13.3. The van der Waals surface area contributed by atoms with E-state index in [-0.39, 0.29) is 23.4 Å². The Morgan fingerprint density at radius 2 is 2.50 bits per heavy atom. The predicted molar refractivity (Wildman–Crippen MR) is 65.4 cm³/mol. The third-order valence-corrected chi connectivity index (χ3v) is 4.22. The first-order chi connectivity index (χ1) is 8.49. The number of nitrogens with two attached hydrogens (primary N) is 1. The lowest BCUT2D eigenvalue weighted by molar-refractivity contribution is -0.0156. The average Bonchev–Trinajstić information content (AvgIpc) is 2.74. The number of anilines is 1. The van der Waals surface area contributed by atoms with Crippen molar-refractivity contribution in [2.75, 3.05) is 39.0 Å². The van der Waals surface area contributed by atoms with Crippen molar-refractivity contribution < 1.29 is 13.2 Å². The maximum atomic E-state index is 11.9. The fourth-order valence-electron chi connectivity index (χ4n) is 1.77. The molecule has 1 saturated heterocycles. The van der Waals surface area contributed by atoms with Gasteiger partial charge in [-0.15, -0.1) is 0 Å². The molecule has 1 aliphatic heterocycles. The van der Waals surface area contributed by atoms with Gasteiger partial charge in [-0.3, -0.25) is 5.10 Å². The van der Waals surface area contributed by atoms with Crippen LogP contribution in [0.1, 0.15) is 0 Å². The van der Waals surface area contributed by atoms with E-state index in [1.165, 1.54) is 6.20 Å². The van der Waals surface area contributed by atoms with E-state index < -0.39 is 10.0 Å². The molecular weight excluding hydrogens is 258 g/mol. The third kappa shape index (κ3) is 2.99. The van der Waals surface area contributed by atoms with Crippen LogP contribution >= 0.6 is 0 Å². The molecule has 0 aliphatic carbocycles. The van der Waals surface area contributed by atoms with E-state index in [2.05, 4.69) is 19.8 Å². The van der Waals surface area contributed by atoms with Gasteiger partial charge < -0.3 is 15.4 Å². The molecule has 9 heteroatoms. The quantitative estimate of drug-likeness (QED) is 0.623. The van der Waals surface area contributed by atoms with Gasteiger partial charge in [0.25, 0.3) is 0 Å². The number of sulfonamides is 1. The van der Waals surface area contributed by atoms with Crippen LogP contribution in [0.5, 0.6) is 0 Å². The number of morpholine rings is 1. The van der Waals surface area contributed by atoms with Crippen LogP contribution in [-0.2, 0) is 14.8 Å². The third-order valence-electron chi connectivity index (χ3n) is 2.76. The summed E-state index contributed by atoms with van der Waals surface area (Å²) in [6.07, 6.45) is 1.04. The highest BCUT2D eigenvalue weighted by atomic mass is 32.2. The minimum absolute atomic E-state index is 0.0316. The summed E-state index contributed by atoms with van der Waals surface area (Å²) in [7, 11) is -1.66. The first-order valence-corrected chi connectivity index (χ1v) is 7.06. The van der Waals surface area contributed by atoms with Crippen LogP contribution in [-0.4, -0.2) is 62.9 Å². The molecule has 0 amide bonds. The van der Waals surface area contributed by atoms with Crippen molar-refractivity contribution in [1.29, 1.82) is 0 Å². The summed E-state index contributed by atoms with van der Waals surface area (Å²) in [5.74, 6) is 0.0316. The second-order valence-corrected chi connectivity index (χ2v) is 5.99. The Morgan fingerprint density at radius 1 is 1.72 bits per heavy atom. The van der Waals surface area contributed by atoms with Crippen LogP contribution in [0.2, 0.25) is 0 Å². The Morgan fingerprint density at radius 3 is 3.11 bits per heavy atom. The highest BCUT2D eigenvalue weighted by Crippen LogP contribution is 2.13. The molecule has 1 aromatic heterocycles. The molecule has 1 fully saturated rings. The Hall–Kier alpha value is -1.16. The number of nitrogens with zero attached hydrogens (tertiary/aromatic N) is 2. The summed E-state index contributed by atoms with van der Waals surface area (Å²) in [5, 5.41) is 5.98. The molecule has 2 heterocycles. The lowest BCUT2D eigenvalue weighted by atomic mass is 10.3. The maximum Gasteiger partial charge on any atom is 0.245 e. The van der Waals surface area contributed by atoms with Gasteiger partial charge >= 0.3 is 0 Å². The minimum atomic E-state index is -3.63. The SMILES string of the molecule is CN1CCOC(CNS(=O)(=O)c2cn[nH]c2N)C1. The van der Waals surface area contributed by atoms with Gasteiger partial charge in [0.1, 0.15) is 10.7 Å². The van der Waals surface area contributed by atoms with Crippen molar-refractivity contribution in [1.82, 2.24) is 19.8 Å². The average molecular weight is 275 g/mol. The number of rotatable bonds is 4. The van der Waals surface area contributed by atoms with Crippen molar-refractivity contribution in [2.24, 2.45) is 0 Å². The van der Waals surface area contributed by atoms with Gasteiger partial charge in [0.2, 0.25) is 10.0 Å². The predicted octanol–water partition coefficient (Wildman–Crippen LogP) is -1.40. The van der Waals surface area contributed by atoms with E-state index in [0.717, 1.165) is 6.54 Å². The largest absolute Gasteiger partial charge is 0.383 e. The van der Waals surface area contributed by atoms with Gasteiger partial charge in [-0.05, 0) is 7.05 Å². The summed E-state index contributed by atoms with van der Waals surface area (Å²) < 4.78 is 31.8. The zero-order chi connectivity index (χ0) is 13.2. The molecule has 0 bridgehead atoms. The molecule has 0 radical (unpaired) electrons. The molecule has 1 aromatic rings. The number of hydrogen-bond acceptors (Lipinski definition) is 6. The van der Waals surface area contributed by atoms with Gasteiger partial charge in [-0.1, -0.05) is 0 Å². The molecule has 4 N–H and O–H groups in total. The molecule has 0 spiro atoms. The molecule has 0 saturated carbocycles. The van der Waals surface area contributed by atoms with E-state index in [0.29, 0.717) is 13.2 Å². The fraction of sp³-hybridized carbons (Fsp3) is 0.667. The smallest absolute Gasteiger partial charge is 0.245 e. The highest BCUT2D eigenvalue weighted by Gasteiger charge is 2.23. The van der Waals surface area contributed by atoms with E-state index in [9.17, 15) is 8.42 Å². The number of nitrogen functional groups attached to an aromatic ring is 1. The van der Waals surface area contributed by atoms with Gasteiger partial charge in [-0.25, -0.2) is 13.1 Å². The van der Waals surface area contributed by atoms with Gasteiger partial charge in [-0.2, -0.15) is 5.10 Å². The van der Waals surface area contributed by atoms with Crippen LogP contribution in [0.3, 0.4) is 0 Å². The van der Waals surface area contributed by atoms with Gasteiger partial charge in [0, 0.05) is 19.6 Å². The summed E-state index contributed by atoms with van der Waals surface area (Å²) in [4.78, 5) is 2.06. The number of hydrogen-bond donors (Lipinski definition) is 3. The van der Waals surface area contributed by atoms with E-state index in [4.69, 9.17) is 10.5 Å². The van der Waals surface area contributed by atoms with Crippen LogP contribution in [0.4, 0.5) is 5.82 Å². The number of likely N-dealkylation sites (N-methyl/N-ethyl adjacent to an activating group) is 1. The van der Waals surface area contributed by atoms with Crippen molar-refractivity contribution in [2.45, 2.75) is 11.0 Å². The second kappa shape index (κ2) is 5.22. The molecule has 1 aliphatic rings. The van der Waals surface area contributed by atoms with Crippen LogP contribution < -0.4 is 10.5 Å². The Labute approximate surface area is 106 Å². The van der Waals surface area contributed by atoms with Crippen molar-refractivity contribution in [3.8, 4) is 0 Å². The normalized spacial score (nSPS) is 22.2. The first-order valence-electron chi connectivity index (χ1n) is 5.57. The highest BCUT2D eigenvalue weighted by molar-refractivity contribution is 7.89. The van der Waals surface area contributed by atoms with Crippen molar-refractivity contribution >= 4 is 15.8 Å². The molecule has 18 heavy (non-hydrogen) atoms. The molecule has 1 unspecified atom stereocenters. The fourth-order valence-corrected chi connectivity index (χ4v) is 2.86. The van der Waals surface area contributed by atoms with Crippen molar-refractivity contribution in [3.05, 3.63) is 6.20 Å². The van der Waals surface area contributed by atoms with Crippen LogP contribution in [0, 0.1) is 0 Å². The lowest BCUT2D eigenvalue weighted by Gasteiger charge is -2.29. The molecule has 1 atom stereocenters. The number of H-pyrrole nitrogens is 1. The topological polar surface area (TPSA) is 113 Å². The molecule has 2 rings (SSSR count). The maximum absolute atomic E-state index is 11.9. The second-order valence-electron chi connectivity index (χ2n) is 4.25. The van der Waals surface area contributed by atoms with Crippen LogP contribution in [0.25, 0.3) is 0 Å². The van der Waals surface area contributed by atoms with Gasteiger partial charge in [0.05, 0.1) is 18.9 Å². The molecular formula is C9H17N5O3S. The van der Waals surface area contributed by atoms with E-state index in [1.54, 1.807) is 0 Å². The monoisotopic (exact) mass is 275 g/mol. The zero-order valence-electron chi connectivity index (χ0n) is 10.1. The van der Waals surface area contributed by atoms with Crippen molar-refractivity contribution in [3.63, 3.8) is 0 Å². The summed E-state index contributed by atoms with van der Waals surface area (Å²) in [6, 6.07) is 0. The van der Waals surface area contributed by atoms with E-state index >= 15 is 0 Å². The Balaban J connectivity index is 1.95. The van der Waals surface area contributed by atoms with Crippen LogP contribution in [0.15, 0.2) is 11.1 Å². The summed E-state index contributed by atoms with van der Waals surface area (Å²) >= 11 is 0.